The second kappa shape index (κ2) is 9.80. The van der Waals surface area contributed by atoms with Gasteiger partial charge in [0.15, 0.2) is 11.6 Å². The van der Waals surface area contributed by atoms with E-state index in [0.29, 0.717) is 5.69 Å². The summed E-state index contributed by atoms with van der Waals surface area (Å²) in [7, 11) is 7.74. The van der Waals surface area contributed by atoms with E-state index in [1.54, 1.807) is 45.2 Å². The van der Waals surface area contributed by atoms with E-state index in [-0.39, 0.29) is 34.8 Å². The lowest BCUT2D eigenvalue weighted by Gasteiger charge is -2.07. The molecule has 0 saturated carbocycles. The van der Waals surface area contributed by atoms with E-state index in [2.05, 4.69) is 30.9 Å². The van der Waals surface area contributed by atoms with Crippen molar-refractivity contribution in [3.8, 4) is 0 Å². The Hall–Kier alpha value is -5.21. The maximum Gasteiger partial charge on any atom is 0.354 e. The third-order valence-electron chi connectivity index (χ3n) is 5.44. The number of esters is 1. The Kier molecular flexibility index (Phi) is 6.60. The highest BCUT2D eigenvalue weighted by atomic mass is 16.5. The van der Waals surface area contributed by atoms with Gasteiger partial charge in [-0.1, -0.05) is 0 Å². The van der Waals surface area contributed by atoms with Crippen molar-refractivity contribution in [2.75, 3.05) is 23.1 Å². The molecular formula is C22H24N10O5. The van der Waals surface area contributed by atoms with Crippen LogP contribution < -0.4 is 16.0 Å². The SMILES string of the molecule is COC(=O)c1cc(NC(=O)c2ncc(NC(=O)c3nc(NC(=O)c4nccn4C)cn3C)n2C)cn1C. The standard InChI is InChI=1S/C22H24N10O5/c1-29-7-6-23-16(29)19(33)27-14-11-31(3)18(26-14)21(35)28-15-9-24-17(32(15)4)20(34)25-12-8-13(22(36)37-5)30(2)10-12/h6-11H,1-5H3,(H,25,34)(H,27,33)(H,28,35). The summed E-state index contributed by atoms with van der Waals surface area (Å²) in [6.45, 7) is 0. The first kappa shape index (κ1) is 24.9. The van der Waals surface area contributed by atoms with Crippen LogP contribution in [0, 0.1) is 0 Å². The quantitative estimate of drug-likeness (QED) is 0.307. The molecule has 0 bridgehead atoms. The number of carbonyl (C=O) groups is 4. The fourth-order valence-corrected chi connectivity index (χ4v) is 3.53. The number of amides is 3. The Labute approximate surface area is 210 Å². The highest BCUT2D eigenvalue weighted by Gasteiger charge is 2.21. The Morgan fingerprint density at radius 2 is 1.51 bits per heavy atom. The lowest BCUT2D eigenvalue weighted by molar-refractivity contribution is 0.0589. The van der Waals surface area contributed by atoms with Crippen molar-refractivity contribution in [1.82, 2.24) is 33.2 Å². The molecule has 3 amide bonds. The molecule has 0 radical (unpaired) electrons. The number of nitrogens with one attached hydrogen (secondary N) is 3. The van der Waals surface area contributed by atoms with Crippen molar-refractivity contribution in [3.63, 3.8) is 0 Å². The molecule has 0 unspecified atom stereocenters. The molecule has 0 aliphatic carbocycles. The molecule has 192 valence electrons. The third kappa shape index (κ3) is 4.95. The first-order chi connectivity index (χ1) is 17.6. The first-order valence-corrected chi connectivity index (χ1v) is 10.8. The fraction of sp³-hybridized carbons (Fsp3) is 0.227. The number of aromatic nitrogens is 7. The van der Waals surface area contributed by atoms with Crippen molar-refractivity contribution in [1.29, 1.82) is 0 Å². The zero-order valence-electron chi connectivity index (χ0n) is 20.6. The molecule has 0 fully saturated rings. The van der Waals surface area contributed by atoms with E-state index in [1.165, 1.54) is 45.5 Å². The normalized spacial score (nSPS) is 10.7. The average Bonchev–Trinajstić information content (AvgIpc) is 3.61. The predicted octanol–water partition coefficient (Wildman–Crippen LogP) is 0.769. The Bertz CT molecular complexity index is 1520. The summed E-state index contributed by atoms with van der Waals surface area (Å²) >= 11 is 0. The number of rotatable bonds is 7. The number of ether oxygens (including phenoxy) is 1. The molecule has 4 rings (SSSR count). The molecule has 0 saturated heterocycles. The Morgan fingerprint density at radius 1 is 0.811 bits per heavy atom. The number of hydrogen-bond donors (Lipinski definition) is 3. The van der Waals surface area contributed by atoms with Crippen LogP contribution in [0.15, 0.2) is 37.1 Å². The van der Waals surface area contributed by atoms with Gasteiger partial charge in [-0.05, 0) is 6.07 Å². The molecule has 4 aromatic heterocycles. The topological polar surface area (TPSA) is 172 Å². The van der Waals surface area contributed by atoms with Crippen molar-refractivity contribution in [2.24, 2.45) is 28.2 Å². The van der Waals surface area contributed by atoms with Gasteiger partial charge in [-0.2, -0.15) is 0 Å². The molecule has 4 aromatic rings. The van der Waals surface area contributed by atoms with E-state index in [9.17, 15) is 19.2 Å². The molecule has 0 spiro atoms. The molecule has 0 aromatic carbocycles. The van der Waals surface area contributed by atoms with Crippen molar-refractivity contribution in [2.45, 2.75) is 0 Å². The monoisotopic (exact) mass is 508 g/mol. The third-order valence-corrected chi connectivity index (χ3v) is 5.44. The van der Waals surface area contributed by atoms with Gasteiger partial charge in [0.2, 0.25) is 11.6 Å². The number of imidazole rings is 3. The maximum absolute atomic E-state index is 12.9. The summed E-state index contributed by atoms with van der Waals surface area (Å²) in [5.74, 6) is -1.53. The summed E-state index contributed by atoms with van der Waals surface area (Å²) in [5, 5.41) is 7.91. The molecule has 0 aliphatic heterocycles. The minimum Gasteiger partial charge on any atom is -0.464 e. The van der Waals surface area contributed by atoms with Crippen LogP contribution in [0.1, 0.15) is 42.3 Å². The molecule has 15 nitrogen and oxygen atoms in total. The van der Waals surface area contributed by atoms with Gasteiger partial charge < -0.3 is 39.0 Å². The summed E-state index contributed by atoms with van der Waals surface area (Å²) in [6.07, 6.45) is 7.49. The van der Waals surface area contributed by atoms with Crippen LogP contribution in [0.3, 0.4) is 0 Å². The molecule has 0 atom stereocenters. The Balaban J connectivity index is 1.44. The molecule has 4 heterocycles. The molecule has 0 aliphatic rings. The van der Waals surface area contributed by atoms with E-state index in [0.717, 1.165) is 0 Å². The van der Waals surface area contributed by atoms with Gasteiger partial charge in [-0.25, -0.2) is 19.7 Å². The minimum atomic E-state index is -0.583. The summed E-state index contributed by atoms with van der Waals surface area (Å²) < 4.78 is 10.6. The predicted molar refractivity (Wildman–Crippen MR) is 130 cm³/mol. The largest absolute Gasteiger partial charge is 0.464 e. The molecule has 3 N–H and O–H groups in total. The zero-order chi connectivity index (χ0) is 26.9. The van der Waals surface area contributed by atoms with Crippen LogP contribution in [-0.2, 0) is 32.9 Å². The van der Waals surface area contributed by atoms with Crippen LogP contribution in [0.2, 0.25) is 0 Å². The highest BCUT2D eigenvalue weighted by Crippen LogP contribution is 2.17. The van der Waals surface area contributed by atoms with Crippen LogP contribution in [0.4, 0.5) is 17.3 Å². The van der Waals surface area contributed by atoms with Gasteiger partial charge in [-0.3, -0.25) is 14.4 Å². The van der Waals surface area contributed by atoms with Gasteiger partial charge in [0.25, 0.3) is 17.7 Å². The summed E-state index contributed by atoms with van der Waals surface area (Å²) in [4.78, 5) is 62.0. The molecule has 15 heteroatoms. The minimum absolute atomic E-state index is 0.0154. The molecule has 37 heavy (non-hydrogen) atoms. The maximum atomic E-state index is 12.9. The van der Waals surface area contributed by atoms with E-state index >= 15 is 0 Å². The van der Waals surface area contributed by atoms with E-state index < -0.39 is 23.7 Å². The number of aryl methyl sites for hydroxylation is 3. The van der Waals surface area contributed by atoms with Crippen molar-refractivity contribution >= 4 is 41.0 Å². The zero-order valence-corrected chi connectivity index (χ0v) is 20.6. The van der Waals surface area contributed by atoms with Gasteiger partial charge in [-0.15, -0.1) is 0 Å². The second-order valence-electron chi connectivity index (χ2n) is 8.03. The number of hydrogen-bond acceptors (Lipinski definition) is 8. The van der Waals surface area contributed by atoms with Crippen LogP contribution in [-0.4, -0.2) is 64.0 Å². The number of nitrogens with zero attached hydrogens (tertiary/aromatic N) is 7. The highest BCUT2D eigenvalue weighted by molar-refractivity contribution is 6.05. The lowest BCUT2D eigenvalue weighted by atomic mass is 10.4. The van der Waals surface area contributed by atoms with Crippen molar-refractivity contribution < 1.29 is 23.9 Å². The number of carbonyl (C=O) groups excluding carboxylic acids is 4. The number of anilines is 3. The average molecular weight is 508 g/mol. The summed E-state index contributed by atoms with van der Waals surface area (Å²) in [5.41, 5.74) is 0.630. The first-order valence-electron chi connectivity index (χ1n) is 10.8. The van der Waals surface area contributed by atoms with Gasteiger partial charge in [0.05, 0.1) is 19.0 Å². The van der Waals surface area contributed by atoms with E-state index in [1.807, 2.05) is 0 Å². The summed E-state index contributed by atoms with van der Waals surface area (Å²) in [6, 6.07) is 1.47. The van der Waals surface area contributed by atoms with Crippen LogP contribution >= 0.6 is 0 Å². The van der Waals surface area contributed by atoms with Crippen LogP contribution in [0.5, 0.6) is 0 Å². The number of methoxy groups -OCH3 is 1. The second-order valence-corrected chi connectivity index (χ2v) is 8.03. The fourth-order valence-electron chi connectivity index (χ4n) is 3.53. The molecular weight excluding hydrogens is 484 g/mol. The van der Waals surface area contributed by atoms with Gasteiger partial charge >= 0.3 is 5.97 Å². The smallest absolute Gasteiger partial charge is 0.354 e. The lowest BCUT2D eigenvalue weighted by Crippen LogP contribution is -2.21. The van der Waals surface area contributed by atoms with Gasteiger partial charge in [0.1, 0.15) is 11.5 Å². The van der Waals surface area contributed by atoms with E-state index in [4.69, 9.17) is 4.74 Å². The Morgan fingerprint density at radius 3 is 2.19 bits per heavy atom. The van der Waals surface area contributed by atoms with Gasteiger partial charge in [0, 0.05) is 53.0 Å². The van der Waals surface area contributed by atoms with Crippen LogP contribution in [0.25, 0.3) is 0 Å². The van der Waals surface area contributed by atoms with Crippen molar-refractivity contribution in [3.05, 3.63) is 60.2 Å².